The highest BCUT2D eigenvalue weighted by Crippen LogP contribution is 2.29. The average Bonchev–Trinajstić information content (AvgIpc) is 3.28. The third kappa shape index (κ3) is 3.90. The molecule has 9 heteroatoms. The quantitative estimate of drug-likeness (QED) is 0.252. The lowest BCUT2D eigenvalue weighted by molar-refractivity contribution is 0.528. The Hall–Kier alpha value is -3.49. The Morgan fingerprint density at radius 3 is 2.53 bits per heavy atom. The van der Waals surface area contributed by atoms with Gasteiger partial charge in [0.15, 0.2) is 5.16 Å². The molecule has 0 saturated carbocycles. The Balaban J connectivity index is 1.52. The first-order valence-corrected chi connectivity index (χ1v) is 10.9. The van der Waals surface area contributed by atoms with Crippen LogP contribution in [-0.2, 0) is 5.75 Å². The minimum absolute atomic E-state index is 0.244. The molecule has 0 radical (unpaired) electrons. The highest BCUT2D eigenvalue weighted by atomic mass is 35.5. The molecule has 2 heterocycles. The number of rotatable bonds is 5. The molecule has 0 unspecified atom stereocenters. The van der Waals surface area contributed by atoms with Gasteiger partial charge in [0.2, 0.25) is 11.8 Å². The fourth-order valence-corrected chi connectivity index (χ4v) is 4.27. The monoisotopic (exact) mass is 464 g/mol. The van der Waals surface area contributed by atoms with Crippen molar-refractivity contribution in [3.63, 3.8) is 0 Å². The van der Waals surface area contributed by atoms with Crippen LogP contribution < -0.4 is 5.56 Å². The van der Waals surface area contributed by atoms with Gasteiger partial charge in [-0.2, -0.15) is 0 Å². The lowest BCUT2D eigenvalue weighted by Gasteiger charge is -2.12. The van der Waals surface area contributed by atoms with Crippen LogP contribution in [0.2, 0.25) is 5.02 Å². The lowest BCUT2D eigenvalue weighted by Crippen LogP contribution is -2.21. The summed E-state index contributed by atoms with van der Waals surface area (Å²) in [5.74, 6) is 0.568. The summed E-state index contributed by atoms with van der Waals surface area (Å²) in [6, 6.07) is 20.0. The lowest BCUT2D eigenvalue weighted by atomic mass is 10.2. The van der Waals surface area contributed by atoms with Gasteiger partial charge in [0.25, 0.3) is 5.56 Å². The topological polar surface area (TPSA) is 73.8 Å². The van der Waals surface area contributed by atoms with E-state index in [4.69, 9.17) is 16.0 Å². The maximum absolute atomic E-state index is 13.5. The molecule has 2 aromatic heterocycles. The molecule has 0 atom stereocenters. The van der Waals surface area contributed by atoms with E-state index in [9.17, 15) is 9.18 Å². The molecule has 0 aliphatic heterocycles. The summed E-state index contributed by atoms with van der Waals surface area (Å²) in [4.78, 5) is 17.9. The minimum Gasteiger partial charge on any atom is -0.420 e. The van der Waals surface area contributed by atoms with E-state index in [-0.39, 0.29) is 17.1 Å². The molecule has 0 aliphatic rings. The summed E-state index contributed by atoms with van der Waals surface area (Å²) in [6.07, 6.45) is 0. The van der Waals surface area contributed by atoms with Gasteiger partial charge in [-0.05, 0) is 48.5 Å². The Kier molecular flexibility index (Phi) is 5.46. The number of halogens is 2. The van der Waals surface area contributed by atoms with E-state index in [1.54, 1.807) is 42.5 Å². The third-order valence-electron chi connectivity index (χ3n) is 4.73. The molecule has 32 heavy (non-hydrogen) atoms. The van der Waals surface area contributed by atoms with Crippen molar-refractivity contribution in [2.24, 2.45) is 0 Å². The van der Waals surface area contributed by atoms with Gasteiger partial charge >= 0.3 is 0 Å². The predicted octanol–water partition coefficient (Wildman–Crippen LogP) is 5.52. The molecule has 3 aromatic carbocycles. The van der Waals surface area contributed by atoms with Crippen molar-refractivity contribution in [2.45, 2.75) is 10.9 Å². The second-order valence-corrected chi connectivity index (χ2v) is 8.15. The summed E-state index contributed by atoms with van der Waals surface area (Å²) in [5.41, 5.74) is 1.48. The van der Waals surface area contributed by atoms with Gasteiger partial charge in [-0.25, -0.2) is 9.37 Å². The van der Waals surface area contributed by atoms with Crippen molar-refractivity contribution in [3.05, 3.63) is 99.9 Å². The SMILES string of the molecule is O=c1c2ccccc2nc(SCc2nnc(-c3ccccc3Cl)o2)n1-c1ccc(F)cc1. The smallest absolute Gasteiger partial charge is 0.266 e. The predicted molar refractivity (Wildman–Crippen MR) is 122 cm³/mol. The first-order valence-electron chi connectivity index (χ1n) is 9.58. The van der Waals surface area contributed by atoms with Crippen molar-refractivity contribution in [2.75, 3.05) is 0 Å². The van der Waals surface area contributed by atoms with E-state index < -0.39 is 0 Å². The van der Waals surface area contributed by atoms with E-state index in [2.05, 4.69) is 15.2 Å². The standard InChI is InChI=1S/C23H14ClFN4O2S/c24-18-7-3-1-5-16(18)21-28-27-20(31-21)13-32-23-26-19-8-4-2-6-17(19)22(30)29(23)15-11-9-14(25)10-12-15/h1-12H,13H2. The largest absolute Gasteiger partial charge is 0.420 e. The Bertz CT molecular complexity index is 1480. The van der Waals surface area contributed by atoms with Crippen LogP contribution in [0.15, 0.2) is 87.2 Å². The number of fused-ring (bicyclic) bond motifs is 1. The fraction of sp³-hybridized carbons (Fsp3) is 0.0435. The molecular weight excluding hydrogens is 451 g/mol. The van der Waals surface area contributed by atoms with Gasteiger partial charge in [-0.3, -0.25) is 9.36 Å². The van der Waals surface area contributed by atoms with Crippen molar-refractivity contribution < 1.29 is 8.81 Å². The number of benzene rings is 3. The molecule has 0 bridgehead atoms. The molecule has 0 fully saturated rings. The van der Waals surface area contributed by atoms with E-state index >= 15 is 0 Å². The van der Waals surface area contributed by atoms with Gasteiger partial charge in [0, 0.05) is 0 Å². The average molecular weight is 465 g/mol. The molecule has 5 rings (SSSR count). The van der Waals surface area contributed by atoms with E-state index in [1.165, 1.54) is 28.5 Å². The van der Waals surface area contributed by atoms with Gasteiger partial charge in [-0.15, -0.1) is 10.2 Å². The number of hydrogen-bond acceptors (Lipinski definition) is 6. The Labute approximate surface area is 190 Å². The second kappa shape index (κ2) is 8.57. The zero-order valence-corrected chi connectivity index (χ0v) is 18.0. The number of aromatic nitrogens is 4. The zero-order chi connectivity index (χ0) is 22.1. The summed E-state index contributed by atoms with van der Waals surface area (Å²) < 4.78 is 20.7. The normalized spacial score (nSPS) is 11.2. The summed E-state index contributed by atoms with van der Waals surface area (Å²) in [5, 5.41) is 9.57. The first-order chi connectivity index (χ1) is 15.6. The van der Waals surface area contributed by atoms with Gasteiger partial charge in [-0.1, -0.05) is 47.6 Å². The number of thioether (sulfide) groups is 1. The summed E-state index contributed by atoms with van der Waals surface area (Å²) >= 11 is 7.48. The van der Waals surface area contributed by atoms with E-state index in [0.717, 1.165) is 0 Å². The number of para-hydroxylation sites is 1. The summed E-state index contributed by atoms with van der Waals surface area (Å²) in [6.45, 7) is 0. The van der Waals surface area contributed by atoms with Crippen molar-refractivity contribution >= 4 is 34.3 Å². The third-order valence-corrected chi connectivity index (χ3v) is 5.98. The Morgan fingerprint density at radius 1 is 0.969 bits per heavy atom. The molecule has 0 amide bonds. The molecule has 6 nitrogen and oxygen atoms in total. The van der Waals surface area contributed by atoms with Crippen molar-refractivity contribution in [1.82, 2.24) is 19.7 Å². The van der Waals surface area contributed by atoms with Crippen LogP contribution in [-0.4, -0.2) is 19.7 Å². The minimum atomic E-state index is -0.386. The van der Waals surface area contributed by atoms with Gasteiger partial charge in [0.1, 0.15) is 5.82 Å². The maximum Gasteiger partial charge on any atom is 0.266 e. The molecule has 0 spiro atoms. The number of hydrogen-bond donors (Lipinski definition) is 0. The van der Waals surface area contributed by atoms with Crippen molar-refractivity contribution in [1.29, 1.82) is 0 Å². The van der Waals surface area contributed by atoms with Gasteiger partial charge < -0.3 is 4.42 Å². The molecule has 0 N–H and O–H groups in total. The number of nitrogens with zero attached hydrogens (tertiary/aromatic N) is 4. The van der Waals surface area contributed by atoms with Crippen LogP contribution in [0, 0.1) is 5.82 Å². The highest BCUT2D eigenvalue weighted by Gasteiger charge is 2.16. The molecule has 0 aliphatic carbocycles. The van der Waals surface area contributed by atoms with Crippen LogP contribution in [0.25, 0.3) is 28.0 Å². The molecule has 5 aromatic rings. The van der Waals surface area contributed by atoms with Crippen LogP contribution >= 0.6 is 23.4 Å². The zero-order valence-electron chi connectivity index (χ0n) is 16.4. The Morgan fingerprint density at radius 2 is 1.72 bits per heavy atom. The van der Waals surface area contributed by atoms with Crippen LogP contribution in [0.5, 0.6) is 0 Å². The van der Waals surface area contributed by atoms with Crippen molar-refractivity contribution in [3.8, 4) is 17.1 Å². The van der Waals surface area contributed by atoms with Crippen LogP contribution in [0.3, 0.4) is 0 Å². The van der Waals surface area contributed by atoms with E-state index in [0.29, 0.717) is 44.1 Å². The second-order valence-electron chi connectivity index (χ2n) is 6.80. The van der Waals surface area contributed by atoms with Crippen LogP contribution in [0.1, 0.15) is 5.89 Å². The van der Waals surface area contributed by atoms with Gasteiger partial charge in [0.05, 0.1) is 32.9 Å². The molecular formula is C23H14ClFN4O2S. The fourth-order valence-electron chi connectivity index (χ4n) is 3.21. The molecule has 0 saturated heterocycles. The summed E-state index contributed by atoms with van der Waals surface area (Å²) in [7, 11) is 0. The molecule has 158 valence electrons. The first kappa shape index (κ1) is 20.4. The maximum atomic E-state index is 13.5. The van der Waals surface area contributed by atoms with E-state index in [1.807, 2.05) is 18.2 Å². The van der Waals surface area contributed by atoms with Crippen LogP contribution in [0.4, 0.5) is 4.39 Å². The highest BCUT2D eigenvalue weighted by molar-refractivity contribution is 7.98.